The minimum Gasteiger partial charge on any atom is -0.490 e. The van der Waals surface area contributed by atoms with Crippen LogP contribution in [0.2, 0.25) is 0 Å². The third kappa shape index (κ3) is 4.58. The Bertz CT molecular complexity index is 1060. The van der Waals surface area contributed by atoms with Gasteiger partial charge >= 0.3 is 0 Å². The standard InChI is InChI=1S/C21H24N6O3S/c1-21(2,12-30-15-6-3-5-14-18(15)19(22)26-31-25-14)24-20(29)13-8-9-23-16(11-13)27-10-4-7-17(27)28/h3,5-6,8-9,11,25H,4,7,10,12H2,1-2H3,(H2,22,26)(H,24,29). The second-order valence-electron chi connectivity index (χ2n) is 8.03. The second kappa shape index (κ2) is 8.46. The third-order valence-corrected chi connectivity index (χ3v) is 5.58. The zero-order chi connectivity index (χ0) is 22.0. The topological polar surface area (TPSA) is 122 Å². The predicted octanol–water partition coefficient (Wildman–Crippen LogP) is 2.49. The molecule has 0 atom stereocenters. The molecule has 0 radical (unpaired) electrons. The molecule has 9 nitrogen and oxygen atoms in total. The average Bonchev–Trinajstić information content (AvgIpc) is 3.18. The van der Waals surface area contributed by atoms with Crippen LogP contribution in [-0.2, 0) is 4.79 Å². The molecule has 4 N–H and O–H groups in total. The summed E-state index contributed by atoms with van der Waals surface area (Å²) in [6, 6.07) is 8.85. The van der Waals surface area contributed by atoms with Crippen LogP contribution in [0, 0.1) is 0 Å². The number of carbonyl (C=O) groups is 2. The number of pyridine rings is 1. The molecule has 3 heterocycles. The van der Waals surface area contributed by atoms with Gasteiger partial charge in [0.25, 0.3) is 5.91 Å². The van der Waals surface area contributed by atoms with Gasteiger partial charge in [0.15, 0.2) is 0 Å². The smallest absolute Gasteiger partial charge is 0.252 e. The molecule has 4 rings (SSSR count). The Morgan fingerprint density at radius 1 is 1.39 bits per heavy atom. The number of benzene rings is 1. The van der Waals surface area contributed by atoms with E-state index in [4.69, 9.17) is 10.5 Å². The molecule has 0 spiro atoms. The maximum absolute atomic E-state index is 12.9. The Kier molecular flexibility index (Phi) is 5.73. The number of aromatic nitrogens is 1. The fraction of sp³-hybridized carbons (Fsp3) is 0.333. The molecule has 1 aromatic carbocycles. The van der Waals surface area contributed by atoms with E-state index in [2.05, 4.69) is 19.4 Å². The van der Waals surface area contributed by atoms with Crippen LogP contribution < -0.4 is 25.4 Å². The molecule has 2 amide bonds. The predicted molar refractivity (Wildman–Crippen MR) is 121 cm³/mol. The van der Waals surface area contributed by atoms with Crippen molar-refractivity contribution < 1.29 is 14.3 Å². The van der Waals surface area contributed by atoms with Gasteiger partial charge in [-0.1, -0.05) is 6.07 Å². The first-order valence-corrected chi connectivity index (χ1v) is 10.7. The zero-order valence-electron chi connectivity index (χ0n) is 17.3. The van der Waals surface area contributed by atoms with Crippen molar-refractivity contribution in [2.45, 2.75) is 32.2 Å². The van der Waals surface area contributed by atoms with E-state index in [0.29, 0.717) is 41.5 Å². The van der Waals surface area contributed by atoms with E-state index in [1.807, 2.05) is 32.0 Å². The number of nitrogens with one attached hydrogen (secondary N) is 2. The lowest BCUT2D eigenvalue weighted by Gasteiger charge is -2.28. The summed E-state index contributed by atoms with van der Waals surface area (Å²) in [4.78, 5) is 30.7. The Labute approximate surface area is 184 Å². The summed E-state index contributed by atoms with van der Waals surface area (Å²) in [5.41, 5.74) is 7.33. The molecule has 0 bridgehead atoms. The monoisotopic (exact) mass is 440 g/mol. The van der Waals surface area contributed by atoms with Gasteiger partial charge < -0.3 is 20.5 Å². The van der Waals surface area contributed by atoms with Gasteiger partial charge in [0.2, 0.25) is 5.91 Å². The summed E-state index contributed by atoms with van der Waals surface area (Å²) in [6.07, 6.45) is 2.85. The number of amidine groups is 1. The lowest BCUT2D eigenvalue weighted by atomic mass is 10.1. The van der Waals surface area contributed by atoms with Gasteiger partial charge in [-0.25, -0.2) is 4.98 Å². The van der Waals surface area contributed by atoms with Crippen molar-refractivity contribution in [2.24, 2.45) is 10.1 Å². The SMILES string of the molecule is CC(C)(COc1cccc2c1C(N)=NSN2)NC(=O)c1ccnc(N2CCCC2=O)c1. The van der Waals surface area contributed by atoms with E-state index >= 15 is 0 Å². The number of nitrogens with two attached hydrogens (primary N) is 1. The number of carbonyl (C=O) groups excluding carboxylic acids is 2. The van der Waals surface area contributed by atoms with Crippen LogP contribution in [0.25, 0.3) is 0 Å². The first-order valence-electron chi connectivity index (χ1n) is 9.95. The number of fused-ring (bicyclic) bond motifs is 1. The highest BCUT2D eigenvalue weighted by molar-refractivity contribution is 7.99. The Hall–Kier alpha value is -3.27. The summed E-state index contributed by atoms with van der Waals surface area (Å²) in [5, 5.41) is 2.99. The van der Waals surface area contributed by atoms with Crippen molar-refractivity contribution in [1.29, 1.82) is 0 Å². The maximum atomic E-state index is 12.9. The van der Waals surface area contributed by atoms with E-state index in [9.17, 15) is 9.59 Å². The quantitative estimate of drug-likeness (QED) is 0.590. The van der Waals surface area contributed by atoms with E-state index in [1.165, 1.54) is 12.1 Å². The summed E-state index contributed by atoms with van der Waals surface area (Å²) in [6.45, 7) is 4.59. The minimum atomic E-state index is -0.671. The number of nitrogens with zero attached hydrogens (tertiary/aromatic N) is 3. The molecular formula is C21H24N6O3S. The van der Waals surface area contributed by atoms with Gasteiger partial charge in [-0.3, -0.25) is 14.5 Å². The van der Waals surface area contributed by atoms with Crippen LogP contribution in [0.4, 0.5) is 11.5 Å². The molecule has 10 heteroatoms. The lowest BCUT2D eigenvalue weighted by molar-refractivity contribution is -0.117. The fourth-order valence-electron chi connectivity index (χ4n) is 3.44. The Morgan fingerprint density at radius 3 is 3.00 bits per heavy atom. The molecule has 1 saturated heterocycles. The molecule has 2 aromatic rings. The van der Waals surface area contributed by atoms with E-state index in [0.717, 1.165) is 12.1 Å². The van der Waals surface area contributed by atoms with E-state index in [-0.39, 0.29) is 18.4 Å². The normalized spacial score (nSPS) is 15.7. The summed E-state index contributed by atoms with van der Waals surface area (Å²) in [5.74, 6) is 1.24. The summed E-state index contributed by atoms with van der Waals surface area (Å²) < 4.78 is 13.2. The van der Waals surface area contributed by atoms with Crippen LogP contribution in [0.15, 0.2) is 40.9 Å². The minimum absolute atomic E-state index is 0.0284. The van der Waals surface area contributed by atoms with Crippen LogP contribution in [0.5, 0.6) is 5.75 Å². The van der Waals surface area contributed by atoms with Crippen LogP contribution in [-0.4, -0.2) is 41.3 Å². The molecule has 2 aliphatic rings. The van der Waals surface area contributed by atoms with Crippen LogP contribution >= 0.6 is 12.1 Å². The molecule has 0 aliphatic carbocycles. The molecule has 1 fully saturated rings. The number of hydrogen-bond donors (Lipinski definition) is 3. The van der Waals surface area contributed by atoms with Gasteiger partial charge in [0.1, 0.15) is 24.0 Å². The molecule has 0 saturated carbocycles. The van der Waals surface area contributed by atoms with E-state index in [1.54, 1.807) is 23.2 Å². The number of rotatable bonds is 6. The first-order chi connectivity index (χ1) is 14.8. The highest BCUT2D eigenvalue weighted by Gasteiger charge is 2.26. The molecule has 31 heavy (non-hydrogen) atoms. The molecular weight excluding hydrogens is 416 g/mol. The van der Waals surface area contributed by atoms with Gasteiger partial charge in [-0.15, -0.1) is 0 Å². The van der Waals surface area contributed by atoms with Crippen molar-refractivity contribution in [2.75, 3.05) is 22.8 Å². The van der Waals surface area contributed by atoms with Crippen molar-refractivity contribution in [1.82, 2.24) is 10.3 Å². The third-order valence-electron chi connectivity index (χ3n) is 4.98. The average molecular weight is 441 g/mol. The van der Waals surface area contributed by atoms with Crippen molar-refractivity contribution in [3.05, 3.63) is 47.7 Å². The molecule has 162 valence electrons. The largest absolute Gasteiger partial charge is 0.490 e. The van der Waals surface area contributed by atoms with E-state index < -0.39 is 5.54 Å². The van der Waals surface area contributed by atoms with Gasteiger partial charge in [0.05, 0.1) is 28.9 Å². The van der Waals surface area contributed by atoms with Crippen molar-refractivity contribution in [3.63, 3.8) is 0 Å². The molecule has 2 aliphatic heterocycles. The molecule has 1 aromatic heterocycles. The molecule has 0 unspecified atom stereocenters. The van der Waals surface area contributed by atoms with Gasteiger partial charge in [-0.05, 0) is 44.5 Å². The van der Waals surface area contributed by atoms with Crippen LogP contribution in [0.3, 0.4) is 0 Å². The highest BCUT2D eigenvalue weighted by Crippen LogP contribution is 2.32. The van der Waals surface area contributed by atoms with Gasteiger partial charge in [-0.2, -0.15) is 4.40 Å². The number of amides is 2. The Balaban J connectivity index is 1.43. The zero-order valence-corrected chi connectivity index (χ0v) is 18.2. The maximum Gasteiger partial charge on any atom is 0.252 e. The number of hydrogen-bond acceptors (Lipinski definition) is 8. The highest BCUT2D eigenvalue weighted by atomic mass is 32.2. The number of anilines is 2. The Morgan fingerprint density at radius 2 is 2.23 bits per heavy atom. The fourth-order valence-corrected chi connectivity index (χ4v) is 3.94. The van der Waals surface area contributed by atoms with Crippen molar-refractivity contribution >= 4 is 41.3 Å². The number of ether oxygens (including phenoxy) is 1. The first kappa shape index (κ1) is 21.0. The van der Waals surface area contributed by atoms with Gasteiger partial charge in [0, 0.05) is 24.7 Å². The summed E-state index contributed by atoms with van der Waals surface area (Å²) in [7, 11) is 0. The second-order valence-corrected chi connectivity index (χ2v) is 8.60. The summed E-state index contributed by atoms with van der Waals surface area (Å²) >= 11 is 1.17. The van der Waals surface area contributed by atoms with Crippen LogP contribution in [0.1, 0.15) is 42.6 Å². The van der Waals surface area contributed by atoms with Crippen molar-refractivity contribution in [3.8, 4) is 5.75 Å². The lowest BCUT2D eigenvalue weighted by Crippen LogP contribution is -2.48.